The zero-order chi connectivity index (χ0) is 11.4. The van der Waals surface area contributed by atoms with Gasteiger partial charge in [-0.3, -0.25) is 4.99 Å². The Morgan fingerprint density at radius 3 is 3.12 bits per heavy atom. The maximum atomic E-state index is 5.70. The van der Waals surface area contributed by atoms with Crippen LogP contribution in [0.2, 0.25) is 0 Å². The first-order chi connectivity index (χ1) is 7.78. The lowest BCUT2D eigenvalue weighted by atomic mass is 10.1. The van der Waals surface area contributed by atoms with E-state index in [0.717, 1.165) is 29.8 Å². The second kappa shape index (κ2) is 5.46. The van der Waals surface area contributed by atoms with Gasteiger partial charge in [0.2, 0.25) is 0 Å². The fourth-order valence-corrected chi connectivity index (χ4v) is 2.21. The molecule has 0 fully saturated rings. The van der Waals surface area contributed by atoms with Crippen LogP contribution in [-0.2, 0) is 11.2 Å². The van der Waals surface area contributed by atoms with E-state index in [1.165, 1.54) is 5.56 Å². The summed E-state index contributed by atoms with van der Waals surface area (Å²) in [6.45, 7) is 1.35. The summed E-state index contributed by atoms with van der Waals surface area (Å²) in [6, 6.07) is 8.28. The van der Waals surface area contributed by atoms with Gasteiger partial charge in [0.05, 0.1) is 6.54 Å². The van der Waals surface area contributed by atoms with Crippen molar-refractivity contribution in [2.75, 3.05) is 13.1 Å². The van der Waals surface area contributed by atoms with E-state index in [0.29, 0.717) is 6.54 Å². The molecule has 2 rings (SSSR count). The molecule has 1 unspecified atom stereocenters. The topological polar surface area (TPSA) is 47.6 Å². The average molecular weight is 283 g/mol. The van der Waals surface area contributed by atoms with E-state index in [1.807, 2.05) is 12.1 Å². The number of halogens is 1. The van der Waals surface area contributed by atoms with Gasteiger partial charge in [-0.05, 0) is 17.7 Å². The van der Waals surface area contributed by atoms with Crippen molar-refractivity contribution >= 4 is 21.8 Å². The van der Waals surface area contributed by atoms with Crippen LogP contribution >= 0.6 is 15.9 Å². The van der Waals surface area contributed by atoms with Crippen molar-refractivity contribution < 1.29 is 4.74 Å². The highest BCUT2D eigenvalue weighted by atomic mass is 79.9. The number of rotatable bonds is 4. The predicted octanol–water partition coefficient (Wildman–Crippen LogP) is 2.14. The van der Waals surface area contributed by atoms with E-state index < -0.39 is 0 Å². The molecule has 1 atom stereocenters. The first kappa shape index (κ1) is 11.6. The van der Waals surface area contributed by atoms with Crippen molar-refractivity contribution in [3.05, 3.63) is 34.3 Å². The molecule has 0 radical (unpaired) electrons. The van der Waals surface area contributed by atoms with Gasteiger partial charge in [-0.2, -0.15) is 0 Å². The molecule has 0 amide bonds. The number of nitrogens with zero attached hydrogens (tertiary/aromatic N) is 1. The summed E-state index contributed by atoms with van der Waals surface area (Å²) in [5, 5.41) is 0. The third-order valence-corrected chi connectivity index (χ3v) is 2.98. The number of ether oxygens (including phenoxy) is 1. The maximum absolute atomic E-state index is 5.70. The normalized spacial score (nSPS) is 19.4. The highest BCUT2D eigenvalue weighted by Crippen LogP contribution is 2.16. The van der Waals surface area contributed by atoms with Crippen molar-refractivity contribution in [1.29, 1.82) is 0 Å². The van der Waals surface area contributed by atoms with Gasteiger partial charge in [-0.1, -0.05) is 28.1 Å². The zero-order valence-corrected chi connectivity index (χ0v) is 10.6. The number of hydrogen-bond donors (Lipinski definition) is 1. The Kier molecular flexibility index (Phi) is 3.96. The molecule has 0 aliphatic carbocycles. The molecule has 0 spiro atoms. The number of aliphatic imine (C=N–C) groups is 1. The molecule has 0 saturated heterocycles. The Bertz CT molecular complexity index is 392. The first-order valence-electron chi connectivity index (χ1n) is 5.42. The van der Waals surface area contributed by atoms with Crippen LogP contribution in [-0.4, -0.2) is 25.1 Å². The molecule has 0 bridgehead atoms. The summed E-state index contributed by atoms with van der Waals surface area (Å²) in [5.74, 6) is 0.808. The molecule has 1 aromatic carbocycles. The van der Waals surface area contributed by atoms with Gasteiger partial charge in [0.1, 0.15) is 6.10 Å². The summed E-state index contributed by atoms with van der Waals surface area (Å²) < 4.78 is 6.80. The Balaban J connectivity index is 1.89. The third-order valence-electron chi connectivity index (χ3n) is 2.48. The molecule has 1 aliphatic heterocycles. The van der Waals surface area contributed by atoms with Crippen molar-refractivity contribution in [2.45, 2.75) is 18.9 Å². The van der Waals surface area contributed by atoms with Gasteiger partial charge < -0.3 is 10.5 Å². The number of benzene rings is 1. The smallest absolute Gasteiger partial charge is 0.185 e. The number of hydrogen-bond acceptors (Lipinski definition) is 3. The number of nitrogens with two attached hydrogens (primary N) is 1. The van der Waals surface area contributed by atoms with E-state index >= 15 is 0 Å². The van der Waals surface area contributed by atoms with Gasteiger partial charge in [-0.15, -0.1) is 0 Å². The van der Waals surface area contributed by atoms with Crippen LogP contribution in [0.1, 0.15) is 12.0 Å². The van der Waals surface area contributed by atoms with Crippen LogP contribution in [0, 0.1) is 0 Å². The molecular formula is C12H15BrN2O. The standard InChI is InChI=1S/C12H15BrN2O/c13-10-3-1-2-9(6-10)7-11-8-15-12(16-11)4-5-14/h1-3,6,11H,4-5,7-8,14H2. The maximum Gasteiger partial charge on any atom is 0.185 e. The van der Waals surface area contributed by atoms with E-state index in [-0.39, 0.29) is 6.10 Å². The minimum absolute atomic E-state index is 0.177. The van der Waals surface area contributed by atoms with Crippen LogP contribution in [0.5, 0.6) is 0 Å². The first-order valence-corrected chi connectivity index (χ1v) is 6.21. The fraction of sp³-hybridized carbons (Fsp3) is 0.417. The Labute approximate surface area is 104 Å². The highest BCUT2D eigenvalue weighted by Gasteiger charge is 2.19. The fourth-order valence-electron chi connectivity index (χ4n) is 1.77. The molecule has 0 aromatic heterocycles. The lowest BCUT2D eigenvalue weighted by Crippen LogP contribution is -2.17. The van der Waals surface area contributed by atoms with Crippen molar-refractivity contribution in [3.8, 4) is 0 Å². The Morgan fingerprint density at radius 1 is 1.50 bits per heavy atom. The van der Waals surface area contributed by atoms with Crippen molar-refractivity contribution in [1.82, 2.24) is 0 Å². The molecule has 4 heteroatoms. The van der Waals surface area contributed by atoms with Crippen molar-refractivity contribution in [2.24, 2.45) is 10.7 Å². The van der Waals surface area contributed by atoms with Crippen LogP contribution in [0.3, 0.4) is 0 Å². The highest BCUT2D eigenvalue weighted by molar-refractivity contribution is 9.10. The van der Waals surface area contributed by atoms with Gasteiger partial charge in [0, 0.05) is 23.9 Å². The molecule has 2 N–H and O–H groups in total. The predicted molar refractivity (Wildman–Crippen MR) is 68.7 cm³/mol. The molecule has 1 aliphatic rings. The lowest BCUT2D eigenvalue weighted by molar-refractivity contribution is 0.219. The molecule has 16 heavy (non-hydrogen) atoms. The Hall–Kier alpha value is -0.870. The molecule has 0 saturated carbocycles. The largest absolute Gasteiger partial charge is 0.475 e. The van der Waals surface area contributed by atoms with E-state index in [4.69, 9.17) is 10.5 Å². The minimum atomic E-state index is 0.177. The summed E-state index contributed by atoms with van der Waals surface area (Å²) in [6.07, 6.45) is 1.82. The second-order valence-electron chi connectivity index (χ2n) is 3.85. The average Bonchev–Trinajstić information content (AvgIpc) is 2.66. The van der Waals surface area contributed by atoms with Gasteiger partial charge in [0.15, 0.2) is 5.90 Å². The third kappa shape index (κ3) is 3.06. The molecule has 1 heterocycles. The minimum Gasteiger partial charge on any atom is -0.475 e. The Morgan fingerprint density at radius 2 is 2.38 bits per heavy atom. The molecule has 3 nitrogen and oxygen atoms in total. The lowest BCUT2D eigenvalue weighted by Gasteiger charge is -2.11. The molecular weight excluding hydrogens is 268 g/mol. The molecule has 86 valence electrons. The van der Waals surface area contributed by atoms with Crippen LogP contribution in [0.15, 0.2) is 33.7 Å². The van der Waals surface area contributed by atoms with Crippen LogP contribution < -0.4 is 5.73 Å². The van der Waals surface area contributed by atoms with E-state index in [9.17, 15) is 0 Å². The molecule has 1 aromatic rings. The van der Waals surface area contributed by atoms with E-state index in [2.05, 4.69) is 33.1 Å². The van der Waals surface area contributed by atoms with Crippen LogP contribution in [0.25, 0.3) is 0 Å². The van der Waals surface area contributed by atoms with Gasteiger partial charge in [-0.25, -0.2) is 0 Å². The quantitative estimate of drug-likeness (QED) is 0.920. The monoisotopic (exact) mass is 282 g/mol. The van der Waals surface area contributed by atoms with E-state index in [1.54, 1.807) is 0 Å². The van der Waals surface area contributed by atoms with Gasteiger partial charge >= 0.3 is 0 Å². The zero-order valence-electron chi connectivity index (χ0n) is 9.03. The second-order valence-corrected chi connectivity index (χ2v) is 4.76. The summed E-state index contributed by atoms with van der Waals surface area (Å²) >= 11 is 3.46. The van der Waals surface area contributed by atoms with Crippen molar-refractivity contribution in [3.63, 3.8) is 0 Å². The summed E-state index contributed by atoms with van der Waals surface area (Å²) in [4.78, 5) is 4.33. The SMILES string of the molecule is NCCC1=NCC(Cc2cccc(Br)c2)O1. The van der Waals surface area contributed by atoms with Gasteiger partial charge in [0.25, 0.3) is 0 Å². The summed E-state index contributed by atoms with van der Waals surface area (Å²) in [7, 11) is 0. The van der Waals surface area contributed by atoms with Crippen LogP contribution in [0.4, 0.5) is 0 Å². The summed E-state index contributed by atoms with van der Waals surface area (Å²) in [5.41, 5.74) is 6.73.